The van der Waals surface area contributed by atoms with E-state index >= 15 is 0 Å². The van der Waals surface area contributed by atoms with E-state index in [1.807, 2.05) is 32.9 Å². The normalized spacial score (nSPS) is 10.5. The SMILES string of the molecule is CNC(=O)CN(C)C(=O)CN(C)CC(=O)Nc1c(C)cc(C)cc1C. The number of nitrogens with one attached hydrogen (secondary N) is 2. The van der Waals surface area contributed by atoms with Crippen LogP contribution in [0.1, 0.15) is 16.7 Å². The molecule has 0 fully saturated rings. The molecule has 1 aromatic carbocycles. The van der Waals surface area contributed by atoms with Gasteiger partial charge in [-0.15, -0.1) is 0 Å². The molecule has 0 aliphatic rings. The van der Waals surface area contributed by atoms with Gasteiger partial charge in [0.15, 0.2) is 0 Å². The molecular weight excluding hydrogens is 320 g/mol. The maximum absolute atomic E-state index is 12.2. The summed E-state index contributed by atoms with van der Waals surface area (Å²) in [6, 6.07) is 4.03. The molecule has 3 amide bonds. The number of carbonyl (C=O) groups excluding carboxylic acids is 3. The van der Waals surface area contributed by atoms with Gasteiger partial charge < -0.3 is 15.5 Å². The zero-order chi connectivity index (χ0) is 19.1. The first-order valence-corrected chi connectivity index (χ1v) is 8.14. The van der Waals surface area contributed by atoms with E-state index < -0.39 is 0 Å². The molecule has 7 nitrogen and oxygen atoms in total. The Labute approximate surface area is 149 Å². The Hall–Kier alpha value is -2.41. The van der Waals surface area contributed by atoms with E-state index in [1.54, 1.807) is 19.0 Å². The van der Waals surface area contributed by atoms with E-state index in [2.05, 4.69) is 10.6 Å². The molecule has 0 saturated heterocycles. The van der Waals surface area contributed by atoms with Gasteiger partial charge in [0.05, 0.1) is 19.6 Å². The first-order valence-electron chi connectivity index (χ1n) is 8.14. The molecule has 0 radical (unpaired) electrons. The fraction of sp³-hybridized carbons (Fsp3) is 0.500. The zero-order valence-corrected chi connectivity index (χ0v) is 15.9. The Morgan fingerprint density at radius 2 is 1.48 bits per heavy atom. The van der Waals surface area contributed by atoms with Crippen LogP contribution < -0.4 is 10.6 Å². The lowest BCUT2D eigenvalue weighted by Gasteiger charge is -2.21. The second-order valence-electron chi connectivity index (χ2n) is 6.42. The van der Waals surface area contributed by atoms with E-state index in [0.717, 1.165) is 22.4 Å². The van der Waals surface area contributed by atoms with Crippen LogP contribution in [0.2, 0.25) is 0 Å². The molecule has 0 bridgehead atoms. The molecule has 0 aliphatic carbocycles. The third-order valence-electron chi connectivity index (χ3n) is 3.85. The number of hydrogen-bond acceptors (Lipinski definition) is 4. The van der Waals surface area contributed by atoms with Gasteiger partial charge in [0.1, 0.15) is 0 Å². The van der Waals surface area contributed by atoms with Crippen molar-refractivity contribution in [3.05, 3.63) is 28.8 Å². The van der Waals surface area contributed by atoms with Gasteiger partial charge >= 0.3 is 0 Å². The summed E-state index contributed by atoms with van der Waals surface area (Å²) in [7, 11) is 4.77. The molecular formula is C18H28N4O3. The van der Waals surface area contributed by atoms with Gasteiger partial charge in [-0.25, -0.2) is 0 Å². The highest BCUT2D eigenvalue weighted by atomic mass is 16.2. The molecule has 1 rings (SSSR count). The second kappa shape index (κ2) is 9.17. The van der Waals surface area contributed by atoms with E-state index in [4.69, 9.17) is 0 Å². The van der Waals surface area contributed by atoms with E-state index in [1.165, 1.54) is 11.9 Å². The van der Waals surface area contributed by atoms with Gasteiger partial charge in [0.25, 0.3) is 0 Å². The lowest BCUT2D eigenvalue weighted by molar-refractivity contribution is -0.135. The molecule has 0 spiro atoms. The molecule has 7 heteroatoms. The Morgan fingerprint density at radius 3 is 2.00 bits per heavy atom. The maximum atomic E-state index is 12.2. The Balaban J connectivity index is 2.57. The number of rotatable bonds is 7. The van der Waals surface area contributed by atoms with Crippen molar-refractivity contribution in [2.24, 2.45) is 0 Å². The molecule has 0 atom stereocenters. The number of nitrogens with zero attached hydrogens (tertiary/aromatic N) is 2. The molecule has 0 aromatic heterocycles. The van der Waals surface area contributed by atoms with Gasteiger partial charge in [-0.1, -0.05) is 17.7 Å². The van der Waals surface area contributed by atoms with Crippen molar-refractivity contribution in [1.82, 2.24) is 15.1 Å². The fourth-order valence-electron chi connectivity index (χ4n) is 2.59. The molecule has 0 unspecified atom stereocenters. The summed E-state index contributed by atoms with van der Waals surface area (Å²) >= 11 is 0. The van der Waals surface area contributed by atoms with Crippen LogP contribution in [-0.2, 0) is 14.4 Å². The smallest absolute Gasteiger partial charge is 0.239 e. The van der Waals surface area contributed by atoms with Crippen LogP contribution in [0, 0.1) is 20.8 Å². The summed E-state index contributed by atoms with van der Waals surface area (Å²) in [4.78, 5) is 38.6. The summed E-state index contributed by atoms with van der Waals surface area (Å²) in [5.74, 6) is -0.637. The third kappa shape index (κ3) is 6.54. The molecule has 1 aromatic rings. The van der Waals surface area contributed by atoms with Crippen LogP contribution in [0.4, 0.5) is 5.69 Å². The minimum absolute atomic E-state index is 0.00285. The van der Waals surface area contributed by atoms with E-state index in [-0.39, 0.29) is 37.4 Å². The lowest BCUT2D eigenvalue weighted by Crippen LogP contribution is -2.43. The molecule has 0 saturated carbocycles. The van der Waals surface area contributed by atoms with Crippen molar-refractivity contribution >= 4 is 23.4 Å². The highest BCUT2D eigenvalue weighted by Gasteiger charge is 2.16. The van der Waals surface area contributed by atoms with Crippen molar-refractivity contribution in [1.29, 1.82) is 0 Å². The highest BCUT2D eigenvalue weighted by Crippen LogP contribution is 2.21. The molecule has 138 valence electrons. The van der Waals surface area contributed by atoms with Crippen LogP contribution in [-0.4, -0.2) is 68.3 Å². The number of hydrogen-bond donors (Lipinski definition) is 2. The van der Waals surface area contributed by atoms with Gasteiger partial charge in [-0.05, 0) is 38.9 Å². The first kappa shape index (κ1) is 20.6. The topological polar surface area (TPSA) is 81.8 Å². The minimum atomic E-state index is -0.235. The van der Waals surface area contributed by atoms with Gasteiger partial charge in [-0.2, -0.15) is 0 Å². The summed E-state index contributed by atoms with van der Waals surface area (Å²) in [6.07, 6.45) is 0. The maximum Gasteiger partial charge on any atom is 0.239 e. The molecule has 25 heavy (non-hydrogen) atoms. The van der Waals surface area contributed by atoms with Crippen LogP contribution in [0.5, 0.6) is 0 Å². The highest BCUT2D eigenvalue weighted by molar-refractivity contribution is 5.94. The van der Waals surface area contributed by atoms with Crippen LogP contribution in [0.15, 0.2) is 12.1 Å². The monoisotopic (exact) mass is 348 g/mol. The summed E-state index contributed by atoms with van der Waals surface area (Å²) in [5.41, 5.74) is 3.98. The van der Waals surface area contributed by atoms with Crippen LogP contribution in [0.3, 0.4) is 0 Å². The number of aryl methyl sites for hydroxylation is 3. The van der Waals surface area contributed by atoms with Crippen LogP contribution in [0.25, 0.3) is 0 Å². The van der Waals surface area contributed by atoms with Gasteiger partial charge in [0, 0.05) is 19.8 Å². The van der Waals surface area contributed by atoms with Crippen molar-refractivity contribution < 1.29 is 14.4 Å². The first-order chi connectivity index (χ1) is 11.6. The number of anilines is 1. The molecule has 2 N–H and O–H groups in total. The largest absolute Gasteiger partial charge is 0.358 e. The standard InChI is InChI=1S/C18H28N4O3/c1-12-7-13(2)18(14(3)8-12)20-16(24)9-21(5)11-17(25)22(6)10-15(23)19-4/h7-8H,9-11H2,1-6H3,(H,19,23)(H,20,24). The van der Waals surface area contributed by atoms with Crippen LogP contribution >= 0.6 is 0 Å². The molecule has 0 heterocycles. The third-order valence-corrected chi connectivity index (χ3v) is 3.85. The Morgan fingerprint density at radius 1 is 0.920 bits per heavy atom. The summed E-state index contributed by atoms with van der Waals surface area (Å²) < 4.78 is 0. The van der Waals surface area contributed by atoms with Crippen molar-refractivity contribution in [2.75, 3.05) is 46.1 Å². The second-order valence-corrected chi connectivity index (χ2v) is 6.42. The number of benzene rings is 1. The predicted octanol–water partition coefficient (Wildman–Crippen LogP) is 0.687. The summed E-state index contributed by atoms with van der Waals surface area (Å²) in [5, 5.41) is 5.38. The number of likely N-dealkylation sites (N-methyl/N-ethyl adjacent to an activating group) is 3. The predicted molar refractivity (Wildman–Crippen MR) is 98.5 cm³/mol. The van der Waals surface area contributed by atoms with Crippen molar-refractivity contribution in [3.8, 4) is 0 Å². The number of amides is 3. The van der Waals surface area contributed by atoms with Gasteiger partial charge in [0.2, 0.25) is 17.7 Å². The van der Waals surface area contributed by atoms with Crippen molar-refractivity contribution in [3.63, 3.8) is 0 Å². The lowest BCUT2D eigenvalue weighted by atomic mass is 10.1. The average Bonchev–Trinajstić information content (AvgIpc) is 2.50. The Bertz CT molecular complexity index is 635. The fourth-order valence-corrected chi connectivity index (χ4v) is 2.59. The Kier molecular flexibility index (Phi) is 7.57. The number of carbonyl (C=O) groups is 3. The minimum Gasteiger partial charge on any atom is -0.358 e. The molecule has 0 aliphatic heterocycles. The van der Waals surface area contributed by atoms with Crippen molar-refractivity contribution in [2.45, 2.75) is 20.8 Å². The zero-order valence-electron chi connectivity index (χ0n) is 15.9. The average molecular weight is 348 g/mol. The van der Waals surface area contributed by atoms with E-state index in [0.29, 0.717) is 0 Å². The summed E-state index contributed by atoms with van der Waals surface area (Å²) in [6.45, 7) is 6.07. The quantitative estimate of drug-likeness (QED) is 0.759. The van der Waals surface area contributed by atoms with E-state index in [9.17, 15) is 14.4 Å². The van der Waals surface area contributed by atoms with Gasteiger partial charge in [-0.3, -0.25) is 19.3 Å².